The standard InChI is InChI=1S/C27H22N2O3/c30-15-16-11-12-21-20(14-16)23(22-10-3-4-13-29(21)22)25-24(26(31)28-27(25)32)19-9-5-7-17-6-1-2-8-18(17)19/h1-10,13,16,30H,11-12,14-15H2,(H,28,31,32). The highest BCUT2D eigenvalue weighted by molar-refractivity contribution is 6.50. The van der Waals surface area contributed by atoms with E-state index in [4.69, 9.17) is 0 Å². The van der Waals surface area contributed by atoms with Gasteiger partial charge >= 0.3 is 0 Å². The van der Waals surface area contributed by atoms with E-state index in [1.165, 1.54) is 0 Å². The number of nitrogens with one attached hydrogen (secondary N) is 1. The summed E-state index contributed by atoms with van der Waals surface area (Å²) in [6.07, 6.45) is 4.45. The van der Waals surface area contributed by atoms with E-state index in [-0.39, 0.29) is 24.3 Å². The number of aliphatic hydroxyl groups excluding tert-OH is 1. The first-order valence-corrected chi connectivity index (χ1v) is 11.0. The Bertz CT molecular complexity index is 1460. The zero-order valence-corrected chi connectivity index (χ0v) is 17.5. The molecule has 32 heavy (non-hydrogen) atoms. The predicted molar refractivity (Wildman–Crippen MR) is 124 cm³/mol. The summed E-state index contributed by atoms with van der Waals surface area (Å²) in [4.78, 5) is 26.4. The number of pyridine rings is 1. The molecule has 2 aliphatic rings. The number of hydrogen-bond acceptors (Lipinski definition) is 3. The van der Waals surface area contributed by atoms with E-state index in [2.05, 4.69) is 9.72 Å². The lowest BCUT2D eigenvalue weighted by molar-refractivity contribution is -0.122. The van der Waals surface area contributed by atoms with Crippen molar-refractivity contribution in [2.75, 3.05) is 6.61 Å². The Morgan fingerprint density at radius 2 is 1.72 bits per heavy atom. The molecule has 1 aliphatic heterocycles. The Labute approximate surface area is 185 Å². The molecule has 1 unspecified atom stereocenters. The Hall–Kier alpha value is -3.70. The number of fused-ring (bicyclic) bond motifs is 4. The number of carbonyl (C=O) groups excluding carboxylic acids is 2. The number of amides is 2. The highest BCUT2D eigenvalue weighted by Gasteiger charge is 2.37. The minimum Gasteiger partial charge on any atom is -0.396 e. The maximum atomic E-state index is 13.2. The quantitative estimate of drug-likeness (QED) is 0.494. The molecule has 3 heterocycles. The van der Waals surface area contributed by atoms with E-state index in [1.54, 1.807) is 0 Å². The highest BCUT2D eigenvalue weighted by atomic mass is 16.3. The van der Waals surface area contributed by atoms with Gasteiger partial charge in [0.25, 0.3) is 11.8 Å². The van der Waals surface area contributed by atoms with Crippen LogP contribution in [0.15, 0.2) is 66.9 Å². The van der Waals surface area contributed by atoms with Crippen molar-refractivity contribution >= 4 is 39.2 Å². The summed E-state index contributed by atoms with van der Waals surface area (Å²) in [5.74, 6) is -0.566. The van der Waals surface area contributed by atoms with Gasteiger partial charge in [0.2, 0.25) is 0 Å². The topological polar surface area (TPSA) is 70.8 Å². The van der Waals surface area contributed by atoms with E-state index in [9.17, 15) is 14.7 Å². The Morgan fingerprint density at radius 3 is 2.59 bits per heavy atom. The van der Waals surface area contributed by atoms with Gasteiger partial charge in [0, 0.05) is 24.1 Å². The number of imide groups is 1. The molecule has 6 rings (SSSR count). The molecule has 0 saturated carbocycles. The van der Waals surface area contributed by atoms with Gasteiger partial charge in [-0.2, -0.15) is 0 Å². The molecule has 5 nitrogen and oxygen atoms in total. The van der Waals surface area contributed by atoms with Crippen molar-refractivity contribution < 1.29 is 14.7 Å². The molecule has 2 N–H and O–H groups in total. The molecule has 2 amide bonds. The molecule has 5 heteroatoms. The van der Waals surface area contributed by atoms with E-state index in [1.807, 2.05) is 66.9 Å². The van der Waals surface area contributed by atoms with Crippen LogP contribution in [0, 0.1) is 5.92 Å². The fourth-order valence-electron chi connectivity index (χ4n) is 5.38. The lowest BCUT2D eigenvalue weighted by atomic mass is 9.83. The summed E-state index contributed by atoms with van der Waals surface area (Å²) in [6.45, 7) is 0.116. The summed E-state index contributed by atoms with van der Waals surface area (Å²) in [5, 5.41) is 14.4. The molecule has 0 saturated heterocycles. The van der Waals surface area contributed by atoms with Gasteiger partial charge in [-0.1, -0.05) is 48.5 Å². The van der Waals surface area contributed by atoms with Gasteiger partial charge < -0.3 is 9.51 Å². The molecular formula is C27H22N2O3. The monoisotopic (exact) mass is 422 g/mol. The molecule has 1 aliphatic carbocycles. The molecule has 2 aromatic carbocycles. The van der Waals surface area contributed by atoms with Crippen molar-refractivity contribution in [3.05, 3.63) is 89.2 Å². The van der Waals surface area contributed by atoms with E-state index >= 15 is 0 Å². The molecule has 0 bridgehead atoms. The molecule has 2 aromatic heterocycles. The van der Waals surface area contributed by atoms with Gasteiger partial charge in [0.05, 0.1) is 16.7 Å². The van der Waals surface area contributed by atoms with Crippen molar-refractivity contribution in [1.29, 1.82) is 0 Å². The van der Waals surface area contributed by atoms with Gasteiger partial charge in [-0.25, -0.2) is 0 Å². The van der Waals surface area contributed by atoms with Gasteiger partial charge in [-0.05, 0) is 59.2 Å². The second-order valence-electron chi connectivity index (χ2n) is 8.61. The third-order valence-corrected chi connectivity index (χ3v) is 6.84. The lowest BCUT2D eigenvalue weighted by Crippen LogP contribution is -2.23. The third kappa shape index (κ3) is 2.68. The van der Waals surface area contributed by atoms with Crippen molar-refractivity contribution in [1.82, 2.24) is 9.72 Å². The van der Waals surface area contributed by atoms with Crippen LogP contribution < -0.4 is 5.32 Å². The average Bonchev–Trinajstić information content (AvgIpc) is 3.30. The van der Waals surface area contributed by atoms with Crippen LogP contribution in [-0.4, -0.2) is 27.9 Å². The number of nitrogens with zero attached hydrogens (tertiary/aromatic N) is 1. The first-order chi connectivity index (χ1) is 15.7. The first kappa shape index (κ1) is 19.0. The summed E-state index contributed by atoms with van der Waals surface area (Å²) in [7, 11) is 0. The largest absolute Gasteiger partial charge is 0.396 e. The van der Waals surface area contributed by atoms with Crippen LogP contribution in [-0.2, 0) is 22.4 Å². The van der Waals surface area contributed by atoms with Crippen LogP contribution in [0.25, 0.3) is 27.4 Å². The maximum absolute atomic E-state index is 13.2. The Kier molecular flexibility index (Phi) is 4.26. The summed E-state index contributed by atoms with van der Waals surface area (Å²) >= 11 is 0. The van der Waals surface area contributed by atoms with Crippen molar-refractivity contribution in [3.63, 3.8) is 0 Å². The fourth-order valence-corrected chi connectivity index (χ4v) is 5.38. The number of carbonyl (C=O) groups is 2. The predicted octanol–water partition coefficient (Wildman–Crippen LogP) is 3.76. The van der Waals surface area contributed by atoms with E-state index < -0.39 is 0 Å². The minimum atomic E-state index is -0.361. The van der Waals surface area contributed by atoms with Crippen LogP contribution in [0.1, 0.15) is 28.8 Å². The molecule has 0 fully saturated rings. The van der Waals surface area contributed by atoms with Gasteiger partial charge in [-0.15, -0.1) is 0 Å². The first-order valence-electron chi connectivity index (χ1n) is 11.0. The van der Waals surface area contributed by atoms with Gasteiger partial charge in [0.15, 0.2) is 0 Å². The zero-order valence-electron chi connectivity index (χ0n) is 17.5. The van der Waals surface area contributed by atoms with Crippen LogP contribution in [0.4, 0.5) is 0 Å². The van der Waals surface area contributed by atoms with Crippen molar-refractivity contribution in [2.45, 2.75) is 19.3 Å². The third-order valence-electron chi connectivity index (χ3n) is 6.84. The number of aryl methyl sites for hydroxylation is 1. The molecule has 4 aromatic rings. The molecule has 1 atom stereocenters. The molecular weight excluding hydrogens is 400 g/mol. The maximum Gasteiger partial charge on any atom is 0.259 e. The highest BCUT2D eigenvalue weighted by Crippen LogP contribution is 2.42. The smallest absolute Gasteiger partial charge is 0.259 e. The summed E-state index contributed by atoms with van der Waals surface area (Å²) < 4.78 is 2.14. The summed E-state index contributed by atoms with van der Waals surface area (Å²) in [6, 6.07) is 19.7. The van der Waals surface area contributed by atoms with Crippen molar-refractivity contribution in [3.8, 4) is 0 Å². The second-order valence-corrected chi connectivity index (χ2v) is 8.61. The molecule has 158 valence electrons. The normalized spacial score (nSPS) is 18.5. The second kappa shape index (κ2) is 7.18. The number of aliphatic hydroxyl groups is 1. The number of hydrogen-bond donors (Lipinski definition) is 2. The van der Waals surface area contributed by atoms with Crippen LogP contribution >= 0.6 is 0 Å². The van der Waals surface area contributed by atoms with Gasteiger partial charge in [-0.3, -0.25) is 14.9 Å². The number of rotatable bonds is 3. The van der Waals surface area contributed by atoms with E-state index in [0.717, 1.165) is 51.5 Å². The molecule has 0 spiro atoms. The number of benzene rings is 2. The van der Waals surface area contributed by atoms with Crippen LogP contribution in [0.2, 0.25) is 0 Å². The SMILES string of the molecule is O=C1NC(=O)C(c2c3c(n4ccccc24)CCC(CO)C3)=C1c1cccc2ccccc12. The minimum absolute atomic E-state index is 0.116. The van der Waals surface area contributed by atoms with Gasteiger partial charge in [0.1, 0.15) is 0 Å². The van der Waals surface area contributed by atoms with Crippen LogP contribution in [0.5, 0.6) is 0 Å². The van der Waals surface area contributed by atoms with E-state index in [0.29, 0.717) is 17.6 Å². The summed E-state index contributed by atoms with van der Waals surface area (Å²) in [5.41, 5.74) is 5.61. The Morgan fingerprint density at radius 1 is 0.938 bits per heavy atom. The lowest BCUT2D eigenvalue weighted by Gasteiger charge is -2.22. The molecule has 0 radical (unpaired) electrons. The van der Waals surface area contributed by atoms with Crippen LogP contribution in [0.3, 0.4) is 0 Å². The average molecular weight is 422 g/mol. The Balaban J connectivity index is 1.71. The van der Waals surface area contributed by atoms with Crippen molar-refractivity contribution in [2.24, 2.45) is 5.92 Å². The number of aromatic nitrogens is 1. The zero-order chi connectivity index (χ0) is 21.8. The fraction of sp³-hybridized carbons (Fsp3) is 0.185.